The first-order valence-electron chi connectivity index (χ1n) is 1.51. The van der Waals surface area contributed by atoms with Crippen LogP contribution in [-0.2, 0) is 9.59 Å². The third kappa shape index (κ3) is 23.0. The Kier molecular flexibility index (Phi) is 28.5. The topological polar surface area (TPSA) is 74.6 Å². The van der Waals surface area contributed by atoms with Crippen LogP contribution in [0.25, 0.3) is 0 Å². The van der Waals surface area contributed by atoms with E-state index in [0.717, 1.165) is 0 Å². The summed E-state index contributed by atoms with van der Waals surface area (Å²) in [6, 6.07) is 0. The van der Waals surface area contributed by atoms with Crippen molar-refractivity contribution in [3.8, 4) is 0 Å². The second-order valence-corrected chi connectivity index (χ2v) is 0.610. The van der Waals surface area contributed by atoms with Gasteiger partial charge < -0.3 is 10.2 Å². The van der Waals surface area contributed by atoms with E-state index in [1.807, 2.05) is 0 Å². The molecule has 10 heavy (non-hydrogen) atoms. The number of carbonyl (C=O) groups is 2. The van der Waals surface area contributed by atoms with E-state index < -0.39 is 11.9 Å². The summed E-state index contributed by atoms with van der Waals surface area (Å²) in [6.45, 7) is 0. The molecule has 0 aliphatic heterocycles. The van der Waals surface area contributed by atoms with Gasteiger partial charge in [0.15, 0.2) is 0 Å². The quantitative estimate of drug-likeness (QED) is 0.322. The van der Waals surface area contributed by atoms with Crippen LogP contribution in [0.3, 0.4) is 0 Å². The summed E-state index contributed by atoms with van der Waals surface area (Å²) in [7, 11) is 0. The van der Waals surface area contributed by atoms with Crippen LogP contribution in [0.4, 0.5) is 0 Å². The van der Waals surface area contributed by atoms with Crippen molar-refractivity contribution in [2.24, 2.45) is 0 Å². The normalized spacial score (nSPS) is 5.60. The molecule has 0 saturated carbocycles. The van der Waals surface area contributed by atoms with E-state index in [9.17, 15) is 0 Å². The van der Waals surface area contributed by atoms with Crippen molar-refractivity contribution in [3.63, 3.8) is 0 Å². The molecule has 4 nitrogen and oxygen atoms in total. The van der Waals surface area contributed by atoms with Crippen LogP contribution in [0.2, 0.25) is 0 Å². The first-order chi connectivity index (χ1) is 4.64. The predicted octanol–water partition coefficient (Wildman–Crippen LogP) is -3.44. The van der Waals surface area contributed by atoms with Crippen molar-refractivity contribution in [1.29, 1.82) is 0 Å². The van der Waals surface area contributed by atoms with Crippen LogP contribution < -0.4 is 0 Å². The Morgan fingerprint density at radius 2 is 0.900 bits per heavy atom. The van der Waals surface area contributed by atoms with Crippen molar-refractivity contribution < 1.29 is 19.8 Å². The molecule has 0 aromatic carbocycles. The van der Waals surface area contributed by atoms with Crippen LogP contribution in [0, 0.1) is 0 Å². The molecule has 0 atom stereocenters. The van der Waals surface area contributed by atoms with Crippen molar-refractivity contribution >= 4 is 68.7 Å². The standard InChI is InChI=1S/C2H2O4.2H2Se2/c3-1(4)2(5)6;2*1-2/h(H,3,4)(H,5,6);2*1-2H. The zero-order chi connectivity index (χ0) is 9.15. The van der Waals surface area contributed by atoms with Crippen molar-refractivity contribution in [3.05, 3.63) is 0 Å². The average molecular weight is 410 g/mol. The van der Waals surface area contributed by atoms with Gasteiger partial charge in [-0.15, -0.1) is 0 Å². The van der Waals surface area contributed by atoms with Gasteiger partial charge in [-0.25, -0.2) is 9.59 Å². The van der Waals surface area contributed by atoms with Gasteiger partial charge in [0, 0.05) is 0 Å². The zero-order valence-electron chi connectivity index (χ0n) is 4.50. The molecule has 0 fully saturated rings. The molecule has 62 valence electrons. The second kappa shape index (κ2) is 16.5. The SMILES string of the molecule is O=C(O)C(=O)O.[SeH][SeH].[SeH][SeH]. The minimum atomic E-state index is -1.82. The summed E-state index contributed by atoms with van der Waals surface area (Å²) in [5.41, 5.74) is 0. The van der Waals surface area contributed by atoms with E-state index in [-0.39, 0.29) is 0 Å². The fraction of sp³-hybridized carbons (Fsp3) is 0. The molecule has 0 amide bonds. The number of rotatable bonds is 0. The fourth-order valence-corrected chi connectivity index (χ4v) is 0. The Balaban J connectivity index is -0.000000105. The summed E-state index contributed by atoms with van der Waals surface area (Å²) in [6.07, 6.45) is 0. The molecule has 0 radical (unpaired) electrons. The maximum absolute atomic E-state index is 9.10. The molecule has 0 aromatic rings. The molecular formula is C2H6O4Se4. The van der Waals surface area contributed by atoms with Gasteiger partial charge in [-0.1, -0.05) is 0 Å². The molecule has 2 N–H and O–H groups in total. The Morgan fingerprint density at radius 3 is 0.900 bits per heavy atom. The summed E-state index contributed by atoms with van der Waals surface area (Å²) in [5.74, 6) is -3.65. The molecule has 0 spiro atoms. The Hall–Kier alpha value is 1.02. The molecule has 0 rings (SSSR count). The van der Waals surface area contributed by atoms with Gasteiger partial charge in [-0.2, -0.15) is 0 Å². The van der Waals surface area contributed by atoms with E-state index >= 15 is 0 Å². The van der Waals surface area contributed by atoms with E-state index in [1.54, 1.807) is 0 Å². The van der Waals surface area contributed by atoms with E-state index in [2.05, 4.69) is 56.7 Å². The summed E-state index contributed by atoms with van der Waals surface area (Å²) in [4.78, 5) is 18.2. The Morgan fingerprint density at radius 1 is 0.800 bits per heavy atom. The molecule has 0 bridgehead atoms. The average Bonchev–Trinajstić information content (AvgIpc) is 1.96. The van der Waals surface area contributed by atoms with E-state index in [4.69, 9.17) is 19.8 Å². The third-order valence-corrected chi connectivity index (χ3v) is 0.183. The molecule has 0 aliphatic rings. The van der Waals surface area contributed by atoms with Gasteiger partial charge in [-0.3, -0.25) is 0 Å². The summed E-state index contributed by atoms with van der Waals surface area (Å²) in [5, 5.41) is 14.8. The number of hydrogen-bond acceptors (Lipinski definition) is 2. The molecular weight excluding hydrogens is 404 g/mol. The molecule has 0 unspecified atom stereocenters. The van der Waals surface area contributed by atoms with Gasteiger partial charge in [0.1, 0.15) is 0 Å². The van der Waals surface area contributed by atoms with Gasteiger partial charge in [-0.05, 0) is 0 Å². The minimum absolute atomic E-state index is 1.82. The number of hydrogen-bond donors (Lipinski definition) is 2. The van der Waals surface area contributed by atoms with Crippen molar-refractivity contribution in [2.75, 3.05) is 0 Å². The Bertz CT molecular complexity index is 81.3. The predicted molar refractivity (Wildman–Crippen MR) is 43.9 cm³/mol. The van der Waals surface area contributed by atoms with E-state index in [0.29, 0.717) is 0 Å². The van der Waals surface area contributed by atoms with Crippen LogP contribution in [-0.4, -0.2) is 78.9 Å². The third-order valence-electron chi connectivity index (χ3n) is 0.183. The number of carboxylic acid groups (broad SMARTS) is 2. The monoisotopic (exact) mass is 414 g/mol. The molecule has 0 saturated heterocycles. The maximum atomic E-state index is 9.10. The second-order valence-electron chi connectivity index (χ2n) is 0.610. The van der Waals surface area contributed by atoms with Gasteiger partial charge >= 0.3 is 68.7 Å². The van der Waals surface area contributed by atoms with Crippen molar-refractivity contribution in [1.82, 2.24) is 0 Å². The number of carboxylic acids is 2. The summed E-state index contributed by atoms with van der Waals surface area (Å²) < 4.78 is 0. The van der Waals surface area contributed by atoms with Gasteiger partial charge in [0.2, 0.25) is 0 Å². The first kappa shape index (κ1) is 17.2. The molecule has 0 heterocycles. The fourth-order valence-electron chi connectivity index (χ4n) is 0. The van der Waals surface area contributed by atoms with Crippen LogP contribution in [0.1, 0.15) is 0 Å². The van der Waals surface area contributed by atoms with Gasteiger partial charge in [0.25, 0.3) is 0 Å². The van der Waals surface area contributed by atoms with Crippen LogP contribution in [0.15, 0.2) is 0 Å². The number of aliphatic carboxylic acids is 2. The van der Waals surface area contributed by atoms with Crippen molar-refractivity contribution in [2.45, 2.75) is 0 Å². The van der Waals surface area contributed by atoms with E-state index in [1.165, 1.54) is 0 Å². The first-order valence-corrected chi connectivity index (χ1v) is 11.9. The van der Waals surface area contributed by atoms with Crippen LogP contribution in [0.5, 0.6) is 0 Å². The summed E-state index contributed by atoms with van der Waals surface area (Å²) >= 11 is 9.00. The Labute approximate surface area is 87.9 Å². The molecule has 0 aromatic heterocycles. The molecule has 0 aliphatic carbocycles. The molecule has 8 heteroatoms. The van der Waals surface area contributed by atoms with Gasteiger partial charge in [0.05, 0.1) is 0 Å². The van der Waals surface area contributed by atoms with Crippen LogP contribution >= 0.6 is 0 Å². The zero-order valence-corrected chi connectivity index (χ0v) is 12.0.